The Morgan fingerprint density at radius 2 is 2.07 bits per heavy atom. The molecule has 0 aliphatic carbocycles. The van der Waals surface area contributed by atoms with Gasteiger partial charge in [-0.3, -0.25) is 0 Å². The van der Waals surface area contributed by atoms with Crippen molar-refractivity contribution in [2.75, 3.05) is 0 Å². The van der Waals surface area contributed by atoms with Gasteiger partial charge in [0, 0.05) is 12.5 Å². The minimum Gasteiger partial charge on any atom is -0.324 e. The molecule has 0 heterocycles. The molecule has 1 aromatic carbocycles. The number of terminal acetylenes is 1. The second-order valence-corrected chi connectivity index (χ2v) is 4.05. The first kappa shape index (κ1) is 11.8. The Morgan fingerprint density at radius 3 is 2.67 bits per heavy atom. The average Bonchev–Trinajstić information content (AvgIpc) is 2.22. The summed E-state index contributed by atoms with van der Waals surface area (Å²) in [5.41, 5.74) is 9.92. The number of hydrogen-bond acceptors (Lipinski definition) is 1. The first-order chi connectivity index (χ1) is 7.15. The molecule has 0 bridgehead atoms. The lowest BCUT2D eigenvalue weighted by atomic mass is 9.98. The Morgan fingerprint density at radius 1 is 1.33 bits per heavy atom. The third-order valence-electron chi connectivity index (χ3n) is 2.80. The minimum atomic E-state index is 0.123. The van der Waals surface area contributed by atoms with Gasteiger partial charge in [0.2, 0.25) is 0 Å². The van der Waals surface area contributed by atoms with Crippen LogP contribution in [-0.4, -0.2) is 0 Å². The summed E-state index contributed by atoms with van der Waals surface area (Å²) in [7, 11) is 0. The molecule has 1 aromatic rings. The van der Waals surface area contributed by atoms with Gasteiger partial charge in [0.15, 0.2) is 0 Å². The number of benzene rings is 1. The summed E-state index contributed by atoms with van der Waals surface area (Å²) in [6, 6.07) is 6.54. The maximum absolute atomic E-state index is 6.09. The zero-order valence-corrected chi connectivity index (χ0v) is 9.59. The summed E-state index contributed by atoms with van der Waals surface area (Å²) in [4.78, 5) is 0. The Labute approximate surface area is 92.7 Å². The van der Waals surface area contributed by atoms with E-state index in [0.29, 0.717) is 0 Å². The fourth-order valence-electron chi connectivity index (χ4n) is 1.59. The van der Waals surface area contributed by atoms with Crippen LogP contribution in [0.1, 0.15) is 42.0 Å². The van der Waals surface area contributed by atoms with Crippen LogP contribution in [0.25, 0.3) is 0 Å². The van der Waals surface area contributed by atoms with Crippen molar-refractivity contribution in [1.82, 2.24) is 0 Å². The van der Waals surface area contributed by atoms with Crippen molar-refractivity contribution in [2.24, 2.45) is 5.73 Å². The summed E-state index contributed by atoms with van der Waals surface area (Å²) in [6.45, 7) is 4.23. The monoisotopic (exact) mass is 201 g/mol. The van der Waals surface area contributed by atoms with E-state index < -0.39 is 0 Å². The number of aryl methyl sites for hydroxylation is 2. The predicted octanol–water partition coefficient (Wildman–Crippen LogP) is 3.11. The fourth-order valence-corrected chi connectivity index (χ4v) is 1.59. The molecule has 0 amide bonds. The predicted molar refractivity (Wildman–Crippen MR) is 65.5 cm³/mol. The summed E-state index contributed by atoms with van der Waals surface area (Å²) in [6.07, 6.45) is 7.99. The lowest BCUT2D eigenvalue weighted by Crippen LogP contribution is -2.10. The molecule has 1 heteroatoms. The first-order valence-corrected chi connectivity index (χ1v) is 5.41. The van der Waals surface area contributed by atoms with E-state index in [4.69, 9.17) is 12.2 Å². The van der Waals surface area contributed by atoms with Crippen LogP contribution >= 0.6 is 0 Å². The van der Waals surface area contributed by atoms with Crippen LogP contribution in [0.5, 0.6) is 0 Å². The largest absolute Gasteiger partial charge is 0.324 e. The van der Waals surface area contributed by atoms with E-state index in [0.717, 1.165) is 19.3 Å². The molecular formula is C14H19N. The molecule has 1 rings (SSSR count). The number of rotatable bonds is 4. The molecule has 0 saturated heterocycles. The van der Waals surface area contributed by atoms with Gasteiger partial charge < -0.3 is 5.73 Å². The van der Waals surface area contributed by atoms with E-state index in [1.54, 1.807) is 0 Å². The molecule has 15 heavy (non-hydrogen) atoms. The molecular weight excluding hydrogens is 182 g/mol. The van der Waals surface area contributed by atoms with Gasteiger partial charge in [0.25, 0.3) is 0 Å². The molecule has 2 N–H and O–H groups in total. The smallest absolute Gasteiger partial charge is 0.0295 e. The number of hydrogen-bond donors (Lipinski definition) is 1. The van der Waals surface area contributed by atoms with Crippen molar-refractivity contribution in [1.29, 1.82) is 0 Å². The van der Waals surface area contributed by atoms with Crippen molar-refractivity contribution in [3.8, 4) is 12.3 Å². The summed E-state index contributed by atoms with van der Waals surface area (Å²) < 4.78 is 0. The number of nitrogens with two attached hydrogens (primary N) is 1. The summed E-state index contributed by atoms with van der Waals surface area (Å²) in [5, 5.41) is 0. The maximum atomic E-state index is 6.09. The van der Waals surface area contributed by atoms with Crippen LogP contribution < -0.4 is 5.73 Å². The molecule has 80 valence electrons. The van der Waals surface area contributed by atoms with Gasteiger partial charge in [0.1, 0.15) is 0 Å². The van der Waals surface area contributed by atoms with Gasteiger partial charge in [0.05, 0.1) is 0 Å². The normalized spacial score (nSPS) is 12.1. The molecule has 0 saturated carbocycles. The zero-order chi connectivity index (χ0) is 11.3. The highest BCUT2D eigenvalue weighted by molar-refractivity contribution is 5.31. The van der Waals surface area contributed by atoms with E-state index in [1.165, 1.54) is 16.7 Å². The summed E-state index contributed by atoms with van der Waals surface area (Å²) in [5.74, 6) is 2.64. The van der Waals surface area contributed by atoms with Gasteiger partial charge in [-0.05, 0) is 43.4 Å². The molecule has 0 radical (unpaired) electrons. The molecule has 1 atom stereocenters. The Bertz CT molecular complexity index is 360. The van der Waals surface area contributed by atoms with Crippen molar-refractivity contribution in [3.63, 3.8) is 0 Å². The Kier molecular flexibility index (Phi) is 4.39. The van der Waals surface area contributed by atoms with Crippen LogP contribution in [0.15, 0.2) is 18.2 Å². The average molecular weight is 201 g/mol. The third kappa shape index (κ3) is 3.42. The highest BCUT2D eigenvalue weighted by Crippen LogP contribution is 2.19. The van der Waals surface area contributed by atoms with Gasteiger partial charge in [-0.1, -0.05) is 18.2 Å². The lowest BCUT2D eigenvalue weighted by Gasteiger charge is -2.12. The van der Waals surface area contributed by atoms with E-state index in [-0.39, 0.29) is 6.04 Å². The van der Waals surface area contributed by atoms with Crippen LogP contribution in [0, 0.1) is 26.2 Å². The first-order valence-electron chi connectivity index (χ1n) is 5.41. The topological polar surface area (TPSA) is 26.0 Å². The van der Waals surface area contributed by atoms with Crippen molar-refractivity contribution in [3.05, 3.63) is 34.9 Å². The quantitative estimate of drug-likeness (QED) is 0.588. The molecule has 1 unspecified atom stereocenters. The highest BCUT2D eigenvalue weighted by atomic mass is 14.6. The van der Waals surface area contributed by atoms with E-state index in [2.05, 4.69) is 38.0 Å². The second kappa shape index (κ2) is 5.58. The summed E-state index contributed by atoms with van der Waals surface area (Å²) >= 11 is 0. The van der Waals surface area contributed by atoms with E-state index >= 15 is 0 Å². The Hall–Kier alpha value is -1.26. The van der Waals surface area contributed by atoms with E-state index in [1.807, 2.05) is 0 Å². The van der Waals surface area contributed by atoms with Crippen LogP contribution in [-0.2, 0) is 0 Å². The molecule has 0 aromatic heterocycles. The molecule has 0 aliphatic rings. The van der Waals surface area contributed by atoms with Crippen LogP contribution in [0.4, 0.5) is 0 Å². The number of unbranched alkanes of at least 4 members (excludes halogenated alkanes) is 1. The zero-order valence-electron chi connectivity index (χ0n) is 9.59. The molecule has 0 aliphatic heterocycles. The maximum Gasteiger partial charge on any atom is 0.0295 e. The fraction of sp³-hybridized carbons (Fsp3) is 0.429. The molecule has 1 nitrogen and oxygen atoms in total. The molecule has 0 spiro atoms. The van der Waals surface area contributed by atoms with Crippen molar-refractivity contribution in [2.45, 2.75) is 39.2 Å². The van der Waals surface area contributed by atoms with Crippen LogP contribution in [0.2, 0.25) is 0 Å². The highest BCUT2D eigenvalue weighted by Gasteiger charge is 2.05. The van der Waals surface area contributed by atoms with Gasteiger partial charge in [-0.25, -0.2) is 0 Å². The van der Waals surface area contributed by atoms with Crippen LogP contribution in [0.3, 0.4) is 0 Å². The van der Waals surface area contributed by atoms with Gasteiger partial charge in [-0.2, -0.15) is 0 Å². The minimum absolute atomic E-state index is 0.123. The lowest BCUT2D eigenvalue weighted by molar-refractivity contribution is 0.620. The standard InChI is InChI=1S/C14H19N/c1-4-5-6-7-14(15)13-9-8-11(2)12(3)10-13/h1,8-10,14H,5-7,15H2,2-3H3. The van der Waals surface area contributed by atoms with Crippen molar-refractivity contribution < 1.29 is 0 Å². The SMILES string of the molecule is C#CCCCC(N)c1ccc(C)c(C)c1. The second-order valence-electron chi connectivity index (χ2n) is 4.05. The van der Waals surface area contributed by atoms with Crippen molar-refractivity contribution >= 4 is 0 Å². The molecule has 0 fully saturated rings. The third-order valence-corrected chi connectivity index (χ3v) is 2.80. The van der Waals surface area contributed by atoms with Gasteiger partial charge >= 0.3 is 0 Å². The Balaban J connectivity index is 2.62. The van der Waals surface area contributed by atoms with E-state index in [9.17, 15) is 0 Å². The van der Waals surface area contributed by atoms with Gasteiger partial charge in [-0.15, -0.1) is 12.3 Å².